The first kappa shape index (κ1) is 19.8. The highest BCUT2D eigenvalue weighted by molar-refractivity contribution is 8.01. The Morgan fingerprint density at radius 2 is 1.81 bits per heavy atom. The van der Waals surface area contributed by atoms with E-state index in [1.807, 2.05) is 67.6 Å². The van der Waals surface area contributed by atoms with Gasteiger partial charge >= 0.3 is 5.97 Å². The number of hydrogen-bond acceptors (Lipinski definition) is 6. The van der Waals surface area contributed by atoms with Crippen LogP contribution in [0.1, 0.15) is 30.6 Å². The summed E-state index contributed by atoms with van der Waals surface area (Å²) in [6.45, 7) is 2.45. The number of fused-ring (bicyclic) bond motifs is 1. The van der Waals surface area contributed by atoms with E-state index >= 15 is 0 Å². The lowest BCUT2D eigenvalue weighted by molar-refractivity contribution is -0.164. The third kappa shape index (κ3) is 3.61. The highest BCUT2D eigenvalue weighted by Crippen LogP contribution is 2.52. The smallest absolute Gasteiger partial charge is 0.331 e. The van der Waals surface area contributed by atoms with Crippen molar-refractivity contribution in [2.24, 2.45) is 0 Å². The molecule has 0 spiro atoms. The SMILES string of the molecule is C[C@@]1(Cn2ccnn2)S[C@@H]2CC(=O)N2[C@H]1C(=O)OC(c1ccccc1)c1ccccc1. The number of amides is 1. The van der Waals surface area contributed by atoms with Gasteiger partial charge in [0.1, 0.15) is 6.04 Å². The Hall–Kier alpha value is -3.13. The first-order valence-corrected chi connectivity index (χ1v) is 11.1. The van der Waals surface area contributed by atoms with Crippen LogP contribution in [0.5, 0.6) is 0 Å². The number of ether oxygens (including phenoxy) is 1. The zero-order chi connectivity index (χ0) is 21.4. The fourth-order valence-corrected chi connectivity index (χ4v) is 6.12. The van der Waals surface area contributed by atoms with Crippen molar-refractivity contribution in [3.8, 4) is 0 Å². The van der Waals surface area contributed by atoms with Gasteiger partial charge in [-0.25, -0.2) is 4.79 Å². The van der Waals surface area contributed by atoms with Gasteiger partial charge < -0.3 is 9.64 Å². The summed E-state index contributed by atoms with van der Waals surface area (Å²) in [6, 6.07) is 18.6. The molecule has 158 valence electrons. The molecule has 2 aliphatic heterocycles. The second-order valence-electron chi connectivity index (χ2n) is 8.03. The predicted molar refractivity (Wildman–Crippen MR) is 116 cm³/mol. The first-order valence-electron chi connectivity index (χ1n) is 10.2. The maximum atomic E-state index is 13.6. The van der Waals surface area contributed by atoms with Crippen LogP contribution in [0, 0.1) is 0 Å². The molecule has 1 amide bonds. The van der Waals surface area contributed by atoms with Gasteiger partial charge in [-0.2, -0.15) is 0 Å². The van der Waals surface area contributed by atoms with E-state index in [0.717, 1.165) is 11.1 Å². The summed E-state index contributed by atoms with van der Waals surface area (Å²) < 4.78 is 7.26. The predicted octanol–water partition coefficient (Wildman–Crippen LogP) is 3.04. The highest BCUT2D eigenvalue weighted by Gasteiger charge is 2.61. The van der Waals surface area contributed by atoms with Gasteiger partial charge in [0.2, 0.25) is 5.91 Å². The van der Waals surface area contributed by atoms with Crippen molar-refractivity contribution in [2.75, 3.05) is 0 Å². The minimum atomic E-state index is -0.692. The van der Waals surface area contributed by atoms with Crippen LogP contribution in [0.3, 0.4) is 0 Å². The second-order valence-corrected chi connectivity index (χ2v) is 9.74. The third-order valence-electron chi connectivity index (χ3n) is 5.82. The maximum absolute atomic E-state index is 13.6. The summed E-state index contributed by atoms with van der Waals surface area (Å²) >= 11 is 1.64. The van der Waals surface area contributed by atoms with Crippen LogP contribution in [0.15, 0.2) is 73.1 Å². The molecule has 3 heterocycles. The molecule has 2 aliphatic rings. The van der Waals surface area contributed by atoms with E-state index in [1.54, 1.807) is 33.7 Å². The molecule has 8 heteroatoms. The van der Waals surface area contributed by atoms with Crippen LogP contribution in [-0.2, 0) is 20.9 Å². The average Bonchev–Trinajstić information content (AvgIpc) is 3.36. The van der Waals surface area contributed by atoms with E-state index in [2.05, 4.69) is 10.3 Å². The Morgan fingerprint density at radius 3 is 2.35 bits per heavy atom. The van der Waals surface area contributed by atoms with E-state index in [4.69, 9.17) is 4.74 Å². The van der Waals surface area contributed by atoms with Gasteiger partial charge in [0, 0.05) is 6.20 Å². The van der Waals surface area contributed by atoms with Crippen molar-refractivity contribution < 1.29 is 14.3 Å². The van der Waals surface area contributed by atoms with Gasteiger partial charge in [-0.05, 0) is 18.1 Å². The topological polar surface area (TPSA) is 77.3 Å². The zero-order valence-electron chi connectivity index (χ0n) is 17.0. The third-order valence-corrected chi connectivity index (χ3v) is 7.38. The molecule has 7 nitrogen and oxygen atoms in total. The van der Waals surface area contributed by atoms with Crippen molar-refractivity contribution in [3.63, 3.8) is 0 Å². The van der Waals surface area contributed by atoms with E-state index in [0.29, 0.717) is 13.0 Å². The number of esters is 1. The Morgan fingerprint density at radius 1 is 1.16 bits per heavy atom. The van der Waals surface area contributed by atoms with Crippen molar-refractivity contribution >= 4 is 23.6 Å². The number of hydrogen-bond donors (Lipinski definition) is 0. The lowest BCUT2D eigenvalue weighted by Gasteiger charge is -2.38. The molecule has 2 aromatic carbocycles. The van der Waals surface area contributed by atoms with Crippen LogP contribution >= 0.6 is 11.8 Å². The summed E-state index contributed by atoms with van der Waals surface area (Å²) in [7, 11) is 0. The number of nitrogens with zero attached hydrogens (tertiary/aromatic N) is 4. The minimum absolute atomic E-state index is 0.00882. The summed E-state index contributed by atoms with van der Waals surface area (Å²) in [5.74, 6) is -0.416. The van der Waals surface area contributed by atoms with Crippen molar-refractivity contribution in [2.45, 2.75) is 42.2 Å². The number of benzene rings is 2. The lowest BCUT2D eigenvalue weighted by atomic mass is 9.95. The largest absolute Gasteiger partial charge is 0.451 e. The summed E-state index contributed by atoms with van der Waals surface area (Å²) in [5, 5.41) is 7.92. The molecule has 31 heavy (non-hydrogen) atoms. The molecule has 0 saturated carbocycles. The van der Waals surface area contributed by atoms with E-state index < -0.39 is 22.9 Å². The number of thioether (sulfide) groups is 1. The average molecular weight is 435 g/mol. The zero-order valence-corrected chi connectivity index (χ0v) is 17.8. The van der Waals surface area contributed by atoms with Gasteiger partial charge in [-0.15, -0.1) is 16.9 Å². The van der Waals surface area contributed by atoms with Gasteiger partial charge in [0.05, 0.1) is 29.3 Å². The van der Waals surface area contributed by atoms with Gasteiger partial charge in [0.25, 0.3) is 0 Å². The number of rotatable bonds is 6. The second kappa shape index (κ2) is 7.85. The van der Waals surface area contributed by atoms with Crippen LogP contribution in [-0.4, -0.2) is 47.9 Å². The highest BCUT2D eigenvalue weighted by atomic mass is 32.2. The molecular formula is C23H22N4O3S. The Kier molecular flexibility index (Phi) is 5.02. The molecule has 5 rings (SSSR count). The first-order chi connectivity index (χ1) is 15.0. The van der Waals surface area contributed by atoms with Gasteiger partial charge in [-0.1, -0.05) is 65.9 Å². The fraction of sp³-hybridized carbons (Fsp3) is 0.304. The summed E-state index contributed by atoms with van der Waals surface area (Å²) in [4.78, 5) is 27.7. The quantitative estimate of drug-likeness (QED) is 0.438. The summed E-state index contributed by atoms with van der Waals surface area (Å²) in [5.41, 5.74) is 1.77. The molecule has 3 aromatic rings. The van der Waals surface area contributed by atoms with E-state index in [-0.39, 0.29) is 11.3 Å². The van der Waals surface area contributed by atoms with Crippen LogP contribution < -0.4 is 0 Å². The molecule has 3 atom stereocenters. The summed E-state index contributed by atoms with van der Waals surface area (Å²) in [6.07, 6.45) is 3.27. The normalized spacial score (nSPS) is 24.7. The number of β-lactam (4-membered cyclic amide) rings is 1. The minimum Gasteiger partial charge on any atom is -0.451 e. The maximum Gasteiger partial charge on any atom is 0.331 e. The fourth-order valence-electron chi connectivity index (χ4n) is 4.37. The van der Waals surface area contributed by atoms with Crippen LogP contribution in [0.25, 0.3) is 0 Å². The molecule has 0 unspecified atom stereocenters. The standard InChI is InChI=1S/C23H22N4O3S/c1-23(15-26-13-12-24-25-26)21(27-18(28)14-19(27)31-23)22(29)30-20(16-8-4-2-5-9-16)17-10-6-3-7-11-17/h2-13,19-21H,14-15H2,1H3/t19-,21+,23+/m1/s1. The van der Waals surface area contributed by atoms with Crippen LogP contribution in [0.2, 0.25) is 0 Å². The Bertz CT molecular complexity index is 1040. The lowest BCUT2D eigenvalue weighted by Crippen LogP contribution is -2.58. The van der Waals surface area contributed by atoms with Gasteiger partial charge in [0.15, 0.2) is 6.10 Å². The van der Waals surface area contributed by atoms with E-state index in [9.17, 15) is 9.59 Å². The van der Waals surface area contributed by atoms with Crippen molar-refractivity contribution in [3.05, 3.63) is 84.2 Å². The molecule has 0 bridgehead atoms. The molecule has 1 aromatic heterocycles. The number of carbonyl (C=O) groups excluding carboxylic acids is 2. The van der Waals surface area contributed by atoms with Crippen molar-refractivity contribution in [1.82, 2.24) is 19.9 Å². The van der Waals surface area contributed by atoms with Crippen molar-refractivity contribution in [1.29, 1.82) is 0 Å². The van der Waals surface area contributed by atoms with E-state index in [1.165, 1.54) is 0 Å². The number of carbonyl (C=O) groups is 2. The molecular weight excluding hydrogens is 412 g/mol. The van der Waals surface area contributed by atoms with Gasteiger partial charge in [-0.3, -0.25) is 9.48 Å². The Labute approximate surface area is 184 Å². The number of aromatic nitrogens is 3. The molecule has 0 N–H and O–H groups in total. The molecule has 2 fully saturated rings. The Balaban J connectivity index is 1.46. The van der Waals surface area contributed by atoms with Crippen LogP contribution in [0.4, 0.5) is 0 Å². The monoisotopic (exact) mass is 434 g/mol. The molecule has 0 radical (unpaired) electrons. The molecule has 2 saturated heterocycles. The molecule has 0 aliphatic carbocycles.